The van der Waals surface area contributed by atoms with Crippen molar-refractivity contribution in [2.24, 2.45) is 0 Å². The van der Waals surface area contributed by atoms with E-state index in [1.54, 1.807) is 12.1 Å². The fraction of sp³-hybridized carbons (Fsp3) is 0.765. The van der Waals surface area contributed by atoms with Crippen molar-refractivity contribution in [3.63, 3.8) is 0 Å². The van der Waals surface area contributed by atoms with E-state index < -0.39 is 61.4 Å². The lowest BCUT2D eigenvalue weighted by molar-refractivity contribution is -0.130. The quantitative estimate of drug-likeness (QED) is 0.163. The van der Waals surface area contributed by atoms with Crippen molar-refractivity contribution in [1.29, 1.82) is 0 Å². The smallest absolute Gasteiger partial charge is 0.415 e. The second kappa shape index (κ2) is 19.7. The second-order valence-electron chi connectivity index (χ2n) is 27.0. The maximum absolute atomic E-state index is 12.9. The summed E-state index contributed by atoms with van der Waals surface area (Å²) in [6.45, 7) is 57.1. The first kappa shape index (κ1) is 58.4. The summed E-state index contributed by atoms with van der Waals surface area (Å²) in [4.78, 5) is 2.81. The van der Waals surface area contributed by atoms with Gasteiger partial charge in [0.25, 0.3) is 0 Å². The van der Waals surface area contributed by atoms with Crippen LogP contribution >= 0.6 is 0 Å². The summed E-state index contributed by atoms with van der Waals surface area (Å²) in [7, 11) is -13.4. The summed E-state index contributed by atoms with van der Waals surface area (Å²) < 4.78 is 68.7. The molecular weight excluding hydrogens is 924 g/mol. The predicted molar refractivity (Wildman–Crippen MR) is 293 cm³/mol. The normalized spacial score (nSPS) is 22.9. The van der Waals surface area contributed by atoms with Gasteiger partial charge in [-0.15, -0.1) is 0 Å². The van der Waals surface area contributed by atoms with Crippen LogP contribution in [0.15, 0.2) is 47.4 Å². The molecule has 0 aliphatic carbocycles. The van der Waals surface area contributed by atoms with Crippen molar-refractivity contribution in [3.05, 3.63) is 53.6 Å². The molecule has 2 aliphatic rings. The van der Waals surface area contributed by atoms with Gasteiger partial charge in [0.05, 0.1) is 47.1 Å². The molecule has 16 heteroatoms. The Hall–Kier alpha value is -1.16. The minimum absolute atomic E-state index is 0.000865. The molecule has 0 bridgehead atoms. The van der Waals surface area contributed by atoms with Gasteiger partial charge < -0.3 is 32.3 Å². The van der Waals surface area contributed by atoms with E-state index in [1.807, 2.05) is 33.8 Å². The Morgan fingerprint density at radius 3 is 1.54 bits per heavy atom. The highest BCUT2D eigenvalue weighted by Crippen LogP contribution is 2.46. The average Bonchev–Trinajstić information content (AvgIpc) is 3.35. The molecular formula is C51H95BN2O8SSi4. The molecule has 0 spiro atoms. The molecule has 2 heterocycles. The predicted octanol–water partition coefficient (Wildman–Crippen LogP) is 12.4. The molecule has 2 aromatic carbocycles. The van der Waals surface area contributed by atoms with E-state index in [4.69, 9.17) is 27.0 Å². The van der Waals surface area contributed by atoms with E-state index in [-0.39, 0.29) is 49.4 Å². The van der Waals surface area contributed by atoms with Crippen LogP contribution < -0.4 is 10.8 Å². The number of hydrogen-bond donors (Lipinski definition) is 1. The molecule has 2 fully saturated rings. The highest BCUT2D eigenvalue weighted by molar-refractivity contribution is 7.90. The van der Waals surface area contributed by atoms with Crippen molar-refractivity contribution in [1.82, 2.24) is 4.90 Å². The molecule has 2 aliphatic heterocycles. The minimum atomic E-state index is -3.51. The number of rotatable bonds is 16. The van der Waals surface area contributed by atoms with E-state index in [1.165, 1.54) is 11.8 Å². The number of nitrogens with one attached hydrogen (secondary N) is 1. The van der Waals surface area contributed by atoms with Crippen LogP contribution in [0.25, 0.3) is 0 Å². The van der Waals surface area contributed by atoms with Crippen molar-refractivity contribution in [3.8, 4) is 0 Å². The van der Waals surface area contributed by atoms with Crippen LogP contribution in [0.2, 0.25) is 72.5 Å². The van der Waals surface area contributed by atoms with E-state index in [0.29, 0.717) is 37.4 Å². The third kappa shape index (κ3) is 13.9. The molecule has 2 aromatic rings. The molecule has 4 rings (SSSR count). The van der Waals surface area contributed by atoms with Gasteiger partial charge in [-0.25, -0.2) is 8.42 Å². The molecule has 67 heavy (non-hydrogen) atoms. The first-order chi connectivity index (χ1) is 29.8. The Kier molecular flexibility index (Phi) is 17.2. The molecule has 0 aromatic heterocycles. The summed E-state index contributed by atoms with van der Waals surface area (Å²) in [6.07, 6.45) is 0.475. The zero-order chi connectivity index (χ0) is 51.6. The Bertz CT molecular complexity index is 2110. The third-order valence-electron chi connectivity index (χ3n) is 16.9. The number of hydrogen-bond acceptors (Lipinski definition) is 10. The van der Waals surface area contributed by atoms with Crippen molar-refractivity contribution >= 4 is 61.4 Å². The largest absolute Gasteiger partial charge is 0.494 e. The molecule has 3 unspecified atom stereocenters. The molecule has 10 nitrogen and oxygen atoms in total. The van der Waals surface area contributed by atoms with Crippen LogP contribution in [0.3, 0.4) is 0 Å². The van der Waals surface area contributed by atoms with Gasteiger partial charge in [-0.2, -0.15) is 0 Å². The lowest BCUT2D eigenvalue weighted by Crippen LogP contribution is -2.70. The molecule has 0 radical (unpaired) electrons. The number of benzene rings is 2. The summed E-state index contributed by atoms with van der Waals surface area (Å²) in [5.74, 6) is 0. The van der Waals surface area contributed by atoms with E-state index in [2.05, 4.69) is 170 Å². The highest BCUT2D eigenvalue weighted by Gasteiger charge is 2.56. The Morgan fingerprint density at radius 1 is 0.657 bits per heavy atom. The van der Waals surface area contributed by atoms with Crippen LogP contribution in [0.5, 0.6) is 0 Å². The molecule has 0 amide bonds. The van der Waals surface area contributed by atoms with Gasteiger partial charge in [0.1, 0.15) is 0 Å². The maximum atomic E-state index is 12.9. The van der Waals surface area contributed by atoms with Crippen LogP contribution in [-0.2, 0) is 49.9 Å². The first-order valence-corrected chi connectivity index (χ1v) is 38.3. The van der Waals surface area contributed by atoms with Crippen LogP contribution in [-0.4, -0.2) is 109 Å². The SMILES string of the molecule is CC1(C)OB(c2cc(NCc3ccc(CN4CC(O[Si](C)(C)C(C)(C)C)C(O[Si](C)(C)C(C)(C)C)C(O[Si](C)(C)C(C)(C)C)[C@H]4CO[Si](C)(C)C(C)(C)C)cc3)cc(S(C)(=O)=O)c2)OC1(C)C. The number of sulfone groups is 1. The highest BCUT2D eigenvalue weighted by atomic mass is 32.2. The molecule has 4 atom stereocenters. The zero-order valence-electron chi connectivity index (χ0n) is 46.9. The fourth-order valence-corrected chi connectivity index (χ4v) is 12.9. The van der Waals surface area contributed by atoms with Crippen LogP contribution in [0.1, 0.15) is 122 Å². The lowest BCUT2D eigenvalue weighted by atomic mass is 9.79. The molecule has 0 saturated carbocycles. The van der Waals surface area contributed by atoms with Crippen LogP contribution in [0, 0.1) is 0 Å². The average molecular weight is 1020 g/mol. The Balaban J connectivity index is 1.78. The van der Waals surface area contributed by atoms with Gasteiger partial charge in [-0.1, -0.05) is 107 Å². The maximum Gasteiger partial charge on any atom is 0.494 e. The van der Waals surface area contributed by atoms with E-state index in [0.717, 1.165) is 5.56 Å². The second-order valence-corrected chi connectivity index (χ2v) is 48.1. The van der Waals surface area contributed by atoms with E-state index >= 15 is 0 Å². The van der Waals surface area contributed by atoms with Gasteiger partial charge in [0.15, 0.2) is 43.1 Å². The van der Waals surface area contributed by atoms with Crippen molar-refractivity contribution in [2.45, 2.75) is 237 Å². The topological polar surface area (TPSA) is 105 Å². The third-order valence-corrected chi connectivity index (χ3v) is 35.9. The lowest BCUT2D eigenvalue weighted by Gasteiger charge is -2.56. The summed E-state index contributed by atoms with van der Waals surface area (Å²) >= 11 is 0. The van der Waals surface area contributed by atoms with Gasteiger partial charge >= 0.3 is 7.12 Å². The first-order valence-electron chi connectivity index (χ1n) is 24.7. The summed E-state index contributed by atoms with van der Waals surface area (Å²) in [5.41, 5.74) is 2.49. The van der Waals surface area contributed by atoms with Crippen LogP contribution in [0.4, 0.5) is 5.69 Å². The summed E-state index contributed by atoms with van der Waals surface area (Å²) in [6, 6.07) is 14.0. The van der Waals surface area contributed by atoms with Gasteiger partial charge in [0.2, 0.25) is 0 Å². The molecule has 2 saturated heterocycles. The molecule has 1 N–H and O–H groups in total. The van der Waals surface area contributed by atoms with Crippen molar-refractivity contribution < 1.29 is 35.4 Å². The van der Waals surface area contributed by atoms with E-state index in [9.17, 15) is 8.42 Å². The van der Waals surface area contributed by atoms with Gasteiger partial charge in [-0.05, 0) is 135 Å². The number of anilines is 1. The fourth-order valence-electron chi connectivity index (χ4n) is 7.24. The monoisotopic (exact) mass is 1020 g/mol. The number of piperidine rings is 1. The Labute approximate surface area is 414 Å². The van der Waals surface area contributed by atoms with Crippen molar-refractivity contribution in [2.75, 3.05) is 24.7 Å². The number of nitrogens with zero attached hydrogens (tertiary/aromatic N) is 1. The zero-order valence-corrected chi connectivity index (χ0v) is 51.7. The molecule has 382 valence electrons. The Morgan fingerprint density at radius 2 is 1.09 bits per heavy atom. The standard InChI is InChI=1S/C51H95BN2O8SSi4/c1-46(2,3)64(18,19)57-36-42-44(59-66(22,23)48(7,8)9)45(60-67(24,25)49(10,11)12)43(58-65(20,21)47(4,5)6)35-54(42)34-38-28-26-37(27-29-38)33-53-40-30-39(31-41(32-40)63(17,55)56)52-61-50(13,14)51(15,16)62-52/h26-32,42-45,53H,33-36H2,1-25H3/t42-,43?,44?,45?/m1/s1. The summed E-state index contributed by atoms with van der Waals surface area (Å²) in [5, 5.41) is 3.51. The van der Waals surface area contributed by atoms with Gasteiger partial charge in [0, 0.05) is 31.6 Å². The van der Waals surface area contributed by atoms with Gasteiger partial charge in [-0.3, -0.25) is 4.90 Å². The minimum Gasteiger partial charge on any atom is -0.415 e. The number of likely N-dealkylation sites (tertiary alicyclic amines) is 1.